The van der Waals surface area contributed by atoms with Crippen molar-refractivity contribution in [3.63, 3.8) is 0 Å². The molecule has 1 aromatic heterocycles. The Labute approximate surface area is 123 Å². The van der Waals surface area contributed by atoms with Gasteiger partial charge in [0.15, 0.2) is 0 Å². The molecule has 1 aliphatic heterocycles. The Hall–Kier alpha value is -0.810. The van der Waals surface area contributed by atoms with E-state index in [2.05, 4.69) is 11.9 Å². The fraction of sp³-hybridized carbons (Fsp3) is 0.733. The Morgan fingerprint density at radius 1 is 1.35 bits per heavy atom. The predicted molar refractivity (Wildman–Crippen MR) is 80.5 cm³/mol. The highest BCUT2D eigenvalue weighted by molar-refractivity contribution is 7.99. The second-order valence-corrected chi connectivity index (χ2v) is 6.76. The molecular weight excluding hydrogens is 272 g/mol. The van der Waals surface area contributed by atoms with Crippen LogP contribution in [-0.4, -0.2) is 28.0 Å². The van der Waals surface area contributed by atoms with Gasteiger partial charge in [0.1, 0.15) is 5.03 Å². The summed E-state index contributed by atoms with van der Waals surface area (Å²) in [5.41, 5.74) is 2.46. The van der Waals surface area contributed by atoms with Crippen LogP contribution in [0.4, 0.5) is 0 Å². The van der Waals surface area contributed by atoms with Crippen molar-refractivity contribution in [3.8, 4) is 0 Å². The van der Waals surface area contributed by atoms with Crippen molar-refractivity contribution in [2.75, 3.05) is 12.4 Å². The largest absolute Gasteiger partial charge is 0.376 e. The van der Waals surface area contributed by atoms with Gasteiger partial charge < -0.3 is 4.74 Å². The van der Waals surface area contributed by atoms with Crippen LogP contribution in [0.3, 0.4) is 0 Å². The van der Waals surface area contributed by atoms with Crippen LogP contribution in [0.25, 0.3) is 0 Å². The van der Waals surface area contributed by atoms with E-state index < -0.39 is 0 Å². The van der Waals surface area contributed by atoms with Gasteiger partial charge in [-0.05, 0) is 44.3 Å². The lowest BCUT2D eigenvalue weighted by Gasteiger charge is -2.23. The fourth-order valence-corrected chi connectivity index (χ4v) is 3.99. The first kappa shape index (κ1) is 14.1. The molecule has 5 heteroatoms. The van der Waals surface area contributed by atoms with Crippen LogP contribution in [0.1, 0.15) is 43.9 Å². The molecule has 2 heterocycles. The van der Waals surface area contributed by atoms with Gasteiger partial charge in [-0.1, -0.05) is 6.92 Å². The Bertz CT molecular complexity index is 535. The van der Waals surface area contributed by atoms with E-state index >= 15 is 0 Å². The minimum absolute atomic E-state index is 0.0860. The summed E-state index contributed by atoms with van der Waals surface area (Å²) < 4.78 is 7.58. The number of hydrogen-bond donors (Lipinski definition) is 0. The number of fused-ring (bicyclic) bond motifs is 1. The number of rotatable bonds is 4. The monoisotopic (exact) mass is 294 g/mol. The van der Waals surface area contributed by atoms with Crippen LogP contribution in [0.15, 0.2) is 9.82 Å². The molecule has 110 valence electrons. The van der Waals surface area contributed by atoms with Crippen LogP contribution < -0.4 is 5.69 Å². The van der Waals surface area contributed by atoms with Crippen LogP contribution in [0.2, 0.25) is 0 Å². The van der Waals surface area contributed by atoms with Crippen LogP contribution in [0, 0.1) is 0 Å². The van der Waals surface area contributed by atoms with E-state index in [-0.39, 0.29) is 11.8 Å². The maximum absolute atomic E-state index is 12.4. The molecule has 4 nitrogen and oxygen atoms in total. The zero-order chi connectivity index (χ0) is 13.9. The van der Waals surface area contributed by atoms with Crippen molar-refractivity contribution < 1.29 is 4.74 Å². The van der Waals surface area contributed by atoms with Gasteiger partial charge in [-0.15, -0.1) is 11.8 Å². The topological polar surface area (TPSA) is 44.1 Å². The first-order chi connectivity index (χ1) is 9.79. The molecule has 1 atom stereocenters. The zero-order valence-electron chi connectivity index (χ0n) is 12.1. The Kier molecular flexibility index (Phi) is 4.46. The van der Waals surface area contributed by atoms with Gasteiger partial charge >= 0.3 is 5.69 Å². The van der Waals surface area contributed by atoms with Crippen molar-refractivity contribution >= 4 is 11.8 Å². The van der Waals surface area contributed by atoms with Gasteiger partial charge in [0, 0.05) is 17.9 Å². The summed E-state index contributed by atoms with van der Waals surface area (Å²) in [5, 5.41) is 0.968. The van der Waals surface area contributed by atoms with Crippen LogP contribution >= 0.6 is 11.8 Å². The van der Waals surface area contributed by atoms with E-state index in [1.807, 2.05) is 4.57 Å². The summed E-state index contributed by atoms with van der Waals surface area (Å²) >= 11 is 1.70. The average molecular weight is 294 g/mol. The number of aromatic nitrogens is 2. The van der Waals surface area contributed by atoms with Gasteiger partial charge in [-0.25, -0.2) is 4.79 Å². The SMILES string of the molecule is CCSc1nc(=O)n(CC2CCCO2)c2c1CCCC2. The highest BCUT2D eigenvalue weighted by atomic mass is 32.2. The van der Waals surface area contributed by atoms with Gasteiger partial charge in [0.2, 0.25) is 0 Å². The molecule has 2 aliphatic rings. The van der Waals surface area contributed by atoms with Gasteiger partial charge in [0.25, 0.3) is 0 Å². The molecule has 3 rings (SSSR count). The molecule has 20 heavy (non-hydrogen) atoms. The number of thioether (sulfide) groups is 1. The molecule has 0 bridgehead atoms. The van der Waals surface area contributed by atoms with E-state index in [1.54, 1.807) is 11.8 Å². The maximum Gasteiger partial charge on any atom is 0.348 e. The third-order valence-electron chi connectivity index (χ3n) is 4.14. The zero-order valence-corrected chi connectivity index (χ0v) is 12.9. The summed E-state index contributed by atoms with van der Waals surface area (Å²) in [6.45, 7) is 3.63. The van der Waals surface area contributed by atoms with Gasteiger partial charge in [-0.3, -0.25) is 4.57 Å². The van der Waals surface area contributed by atoms with E-state index in [0.29, 0.717) is 6.54 Å². The molecule has 0 aromatic carbocycles. The smallest absolute Gasteiger partial charge is 0.348 e. The molecule has 0 amide bonds. The van der Waals surface area contributed by atoms with E-state index in [9.17, 15) is 4.79 Å². The van der Waals surface area contributed by atoms with Crippen LogP contribution in [0.5, 0.6) is 0 Å². The normalized spacial score (nSPS) is 21.9. The van der Waals surface area contributed by atoms with Gasteiger partial charge in [0.05, 0.1) is 12.6 Å². The molecule has 1 aromatic rings. The highest BCUT2D eigenvalue weighted by Crippen LogP contribution is 2.28. The fourth-order valence-electron chi connectivity index (χ4n) is 3.18. The lowest BCUT2D eigenvalue weighted by molar-refractivity contribution is 0.0947. The second-order valence-electron chi connectivity index (χ2n) is 5.51. The summed E-state index contributed by atoms with van der Waals surface area (Å²) in [7, 11) is 0. The quantitative estimate of drug-likeness (QED) is 0.632. The van der Waals surface area contributed by atoms with Crippen LogP contribution in [-0.2, 0) is 24.1 Å². The summed E-state index contributed by atoms with van der Waals surface area (Å²) in [5.74, 6) is 0.967. The molecule has 0 radical (unpaired) electrons. The molecular formula is C15H22N2O2S. The van der Waals surface area contributed by atoms with Crippen molar-refractivity contribution in [1.82, 2.24) is 9.55 Å². The van der Waals surface area contributed by atoms with Crippen molar-refractivity contribution in [3.05, 3.63) is 21.7 Å². The first-order valence-electron chi connectivity index (χ1n) is 7.66. The summed E-state index contributed by atoms with van der Waals surface area (Å²) in [4.78, 5) is 16.7. The lowest BCUT2D eigenvalue weighted by atomic mass is 9.97. The van der Waals surface area contributed by atoms with Gasteiger partial charge in [-0.2, -0.15) is 4.98 Å². The highest BCUT2D eigenvalue weighted by Gasteiger charge is 2.23. The average Bonchev–Trinajstić information content (AvgIpc) is 2.96. The number of hydrogen-bond acceptors (Lipinski definition) is 4. The Morgan fingerprint density at radius 2 is 2.20 bits per heavy atom. The summed E-state index contributed by atoms with van der Waals surface area (Å²) in [6.07, 6.45) is 6.84. The summed E-state index contributed by atoms with van der Waals surface area (Å²) in [6, 6.07) is 0. The van der Waals surface area contributed by atoms with E-state index in [0.717, 1.165) is 43.1 Å². The molecule has 1 unspecified atom stereocenters. The molecule has 1 saturated heterocycles. The maximum atomic E-state index is 12.4. The second kappa shape index (κ2) is 6.31. The van der Waals surface area contributed by atoms with Crippen molar-refractivity contribution in [1.29, 1.82) is 0 Å². The molecule has 0 spiro atoms. The number of nitrogens with zero attached hydrogens (tertiary/aromatic N) is 2. The van der Waals surface area contributed by atoms with Crippen molar-refractivity contribution in [2.24, 2.45) is 0 Å². The van der Waals surface area contributed by atoms with E-state index in [1.165, 1.54) is 24.1 Å². The molecule has 0 saturated carbocycles. The Balaban J connectivity index is 1.98. The van der Waals surface area contributed by atoms with E-state index in [4.69, 9.17) is 4.74 Å². The lowest BCUT2D eigenvalue weighted by Crippen LogP contribution is -2.33. The standard InChI is InChI=1S/C15H22N2O2S/c1-2-20-14-12-7-3-4-8-13(12)17(15(18)16-14)10-11-6-5-9-19-11/h11H,2-10H2,1H3. The third kappa shape index (κ3) is 2.79. The predicted octanol–water partition coefficient (Wildman–Crippen LogP) is 2.41. The Morgan fingerprint density at radius 3 is 2.95 bits per heavy atom. The van der Waals surface area contributed by atoms with Crippen molar-refractivity contribution in [2.45, 2.75) is 63.1 Å². The number of ether oxygens (including phenoxy) is 1. The molecule has 0 N–H and O–H groups in total. The minimum atomic E-state index is -0.0860. The molecule has 1 aliphatic carbocycles. The first-order valence-corrected chi connectivity index (χ1v) is 8.65. The minimum Gasteiger partial charge on any atom is -0.376 e. The molecule has 1 fully saturated rings. The third-order valence-corrected chi connectivity index (χ3v) is 5.04.